The van der Waals surface area contributed by atoms with E-state index in [1.807, 2.05) is 25.1 Å². The standard InChI is InChI=1S/C23H23N5O4/c1-13-11-21(28-27-13)25-20-12-18-17(9-10-19(30-3)22(18)31-4)23(26-20)32-16-7-5-15(6-8-16)24-14(2)29/h5-12H,1-4H3,(H,24,29)(H2,25,26,27,28). The molecule has 2 aromatic heterocycles. The van der Waals surface area contributed by atoms with Crippen LogP contribution in [0.25, 0.3) is 10.8 Å². The minimum absolute atomic E-state index is 0.139. The second-order valence-electron chi connectivity index (χ2n) is 7.08. The summed E-state index contributed by atoms with van der Waals surface area (Å²) in [6.07, 6.45) is 0. The van der Waals surface area contributed by atoms with E-state index in [4.69, 9.17) is 14.2 Å². The zero-order chi connectivity index (χ0) is 22.7. The molecule has 2 aromatic carbocycles. The molecule has 0 aliphatic rings. The largest absolute Gasteiger partial charge is 0.493 e. The van der Waals surface area contributed by atoms with Gasteiger partial charge in [0, 0.05) is 35.1 Å². The number of aryl methyl sites for hydroxylation is 1. The van der Waals surface area contributed by atoms with Crippen LogP contribution in [0.4, 0.5) is 17.3 Å². The first kappa shape index (κ1) is 21.0. The fourth-order valence-corrected chi connectivity index (χ4v) is 3.30. The normalized spacial score (nSPS) is 10.6. The summed E-state index contributed by atoms with van der Waals surface area (Å²) in [7, 11) is 3.17. The van der Waals surface area contributed by atoms with E-state index in [2.05, 4.69) is 25.8 Å². The van der Waals surface area contributed by atoms with Crippen LogP contribution in [0.3, 0.4) is 0 Å². The first-order chi connectivity index (χ1) is 15.5. The Bertz CT molecular complexity index is 1270. The molecule has 0 atom stereocenters. The van der Waals surface area contributed by atoms with Crippen LogP contribution in [-0.4, -0.2) is 35.3 Å². The van der Waals surface area contributed by atoms with Gasteiger partial charge in [0.15, 0.2) is 17.3 Å². The van der Waals surface area contributed by atoms with Gasteiger partial charge in [0.1, 0.15) is 11.6 Å². The second-order valence-corrected chi connectivity index (χ2v) is 7.08. The number of amides is 1. The number of benzene rings is 2. The number of ether oxygens (including phenoxy) is 3. The Labute approximate surface area is 184 Å². The molecule has 164 valence electrons. The van der Waals surface area contributed by atoms with Gasteiger partial charge in [-0.25, -0.2) is 0 Å². The Hall–Kier alpha value is -4.27. The van der Waals surface area contributed by atoms with Crippen molar-refractivity contribution in [3.05, 3.63) is 54.2 Å². The number of H-pyrrole nitrogens is 1. The maximum Gasteiger partial charge on any atom is 0.229 e. The topological polar surface area (TPSA) is 110 Å². The lowest BCUT2D eigenvalue weighted by molar-refractivity contribution is -0.114. The Kier molecular flexibility index (Phi) is 5.80. The van der Waals surface area contributed by atoms with Gasteiger partial charge in [0.2, 0.25) is 11.8 Å². The number of nitrogens with zero attached hydrogens (tertiary/aromatic N) is 2. The van der Waals surface area contributed by atoms with Gasteiger partial charge in [-0.05, 0) is 49.4 Å². The van der Waals surface area contributed by atoms with Crippen molar-refractivity contribution in [3.8, 4) is 23.1 Å². The quantitative estimate of drug-likeness (QED) is 0.385. The van der Waals surface area contributed by atoms with Gasteiger partial charge < -0.3 is 24.8 Å². The molecule has 0 radical (unpaired) electrons. The van der Waals surface area contributed by atoms with E-state index in [1.165, 1.54) is 6.92 Å². The van der Waals surface area contributed by atoms with Gasteiger partial charge in [0.25, 0.3) is 0 Å². The molecular weight excluding hydrogens is 410 g/mol. The molecule has 4 rings (SSSR count). The highest BCUT2D eigenvalue weighted by Crippen LogP contribution is 2.41. The molecule has 1 amide bonds. The number of hydrogen-bond donors (Lipinski definition) is 3. The highest BCUT2D eigenvalue weighted by atomic mass is 16.5. The summed E-state index contributed by atoms with van der Waals surface area (Å²) in [4.78, 5) is 15.9. The maximum absolute atomic E-state index is 11.2. The van der Waals surface area contributed by atoms with Crippen molar-refractivity contribution in [3.63, 3.8) is 0 Å². The van der Waals surface area contributed by atoms with Gasteiger partial charge in [-0.1, -0.05) is 0 Å². The first-order valence-corrected chi connectivity index (χ1v) is 9.87. The molecule has 9 nitrogen and oxygen atoms in total. The predicted molar refractivity (Wildman–Crippen MR) is 122 cm³/mol. The molecule has 0 bridgehead atoms. The second kappa shape index (κ2) is 8.84. The van der Waals surface area contributed by atoms with Crippen LogP contribution in [0, 0.1) is 6.92 Å². The summed E-state index contributed by atoms with van der Waals surface area (Å²) >= 11 is 0. The number of carbonyl (C=O) groups excluding carboxylic acids is 1. The number of hydrogen-bond acceptors (Lipinski definition) is 7. The van der Waals surface area contributed by atoms with Crippen LogP contribution in [0.15, 0.2) is 48.5 Å². The van der Waals surface area contributed by atoms with Crippen LogP contribution in [0.2, 0.25) is 0 Å². The highest BCUT2D eigenvalue weighted by molar-refractivity contribution is 5.96. The lowest BCUT2D eigenvalue weighted by atomic mass is 10.1. The number of aromatic nitrogens is 3. The van der Waals surface area contributed by atoms with E-state index in [1.54, 1.807) is 44.6 Å². The molecule has 0 fully saturated rings. The molecule has 9 heteroatoms. The zero-order valence-corrected chi connectivity index (χ0v) is 18.1. The maximum atomic E-state index is 11.2. The summed E-state index contributed by atoms with van der Waals surface area (Å²) < 4.78 is 17.2. The summed E-state index contributed by atoms with van der Waals surface area (Å²) in [6.45, 7) is 3.38. The number of pyridine rings is 1. The summed E-state index contributed by atoms with van der Waals surface area (Å²) in [5, 5.41) is 14.5. The average Bonchev–Trinajstić information content (AvgIpc) is 3.18. The highest BCUT2D eigenvalue weighted by Gasteiger charge is 2.16. The van der Waals surface area contributed by atoms with E-state index < -0.39 is 0 Å². The molecule has 32 heavy (non-hydrogen) atoms. The van der Waals surface area contributed by atoms with Gasteiger partial charge >= 0.3 is 0 Å². The fourth-order valence-electron chi connectivity index (χ4n) is 3.30. The Morgan fingerprint density at radius 1 is 0.969 bits per heavy atom. The van der Waals surface area contributed by atoms with Crippen LogP contribution < -0.4 is 24.8 Å². The third kappa shape index (κ3) is 4.41. The molecule has 0 saturated carbocycles. The number of rotatable bonds is 7. The van der Waals surface area contributed by atoms with E-state index >= 15 is 0 Å². The van der Waals surface area contributed by atoms with Crippen LogP contribution >= 0.6 is 0 Å². The van der Waals surface area contributed by atoms with E-state index in [-0.39, 0.29) is 5.91 Å². The van der Waals surface area contributed by atoms with E-state index in [0.717, 1.165) is 16.5 Å². The molecule has 0 unspecified atom stereocenters. The first-order valence-electron chi connectivity index (χ1n) is 9.87. The average molecular weight is 433 g/mol. The third-order valence-electron chi connectivity index (χ3n) is 4.67. The van der Waals surface area contributed by atoms with Gasteiger partial charge in [-0.2, -0.15) is 10.1 Å². The van der Waals surface area contributed by atoms with Crippen molar-refractivity contribution < 1.29 is 19.0 Å². The summed E-state index contributed by atoms with van der Waals surface area (Å²) in [5.74, 6) is 3.13. The molecule has 2 heterocycles. The molecule has 0 saturated heterocycles. The number of aromatic amines is 1. The lowest BCUT2D eigenvalue weighted by Crippen LogP contribution is -2.05. The number of nitrogens with one attached hydrogen (secondary N) is 3. The van der Waals surface area contributed by atoms with Gasteiger partial charge in [-0.3, -0.25) is 9.89 Å². The van der Waals surface area contributed by atoms with Gasteiger partial charge in [0.05, 0.1) is 14.2 Å². The summed E-state index contributed by atoms with van der Waals surface area (Å²) in [6, 6.07) is 14.4. The third-order valence-corrected chi connectivity index (χ3v) is 4.67. The van der Waals surface area contributed by atoms with Crippen molar-refractivity contribution >= 4 is 34.0 Å². The van der Waals surface area contributed by atoms with E-state index in [0.29, 0.717) is 40.5 Å². The number of carbonyl (C=O) groups is 1. The SMILES string of the molecule is COc1ccc2c(Oc3ccc(NC(C)=O)cc3)nc(Nc3cc(C)[nH]n3)cc2c1OC. The zero-order valence-electron chi connectivity index (χ0n) is 18.1. The number of anilines is 3. The number of methoxy groups -OCH3 is 2. The van der Waals surface area contributed by atoms with Crippen LogP contribution in [-0.2, 0) is 4.79 Å². The molecule has 3 N–H and O–H groups in total. The van der Waals surface area contributed by atoms with Crippen molar-refractivity contribution in [1.82, 2.24) is 15.2 Å². The van der Waals surface area contributed by atoms with Crippen molar-refractivity contribution in [2.24, 2.45) is 0 Å². The molecule has 0 aliphatic carbocycles. The summed E-state index contributed by atoms with van der Waals surface area (Å²) in [5.41, 5.74) is 1.60. The molecule has 0 aliphatic heterocycles. The molecule has 0 spiro atoms. The van der Waals surface area contributed by atoms with Crippen molar-refractivity contribution in [2.45, 2.75) is 13.8 Å². The van der Waals surface area contributed by atoms with Gasteiger partial charge in [-0.15, -0.1) is 0 Å². The molecule has 4 aromatic rings. The Morgan fingerprint density at radius 3 is 2.38 bits per heavy atom. The molecular formula is C23H23N5O4. The van der Waals surface area contributed by atoms with Crippen LogP contribution in [0.5, 0.6) is 23.1 Å². The minimum atomic E-state index is -0.139. The fraction of sp³-hybridized carbons (Fsp3) is 0.174. The van der Waals surface area contributed by atoms with Crippen molar-refractivity contribution in [1.29, 1.82) is 0 Å². The predicted octanol–water partition coefficient (Wildman–Crippen LogP) is 4.78. The Balaban J connectivity index is 1.77. The smallest absolute Gasteiger partial charge is 0.229 e. The monoisotopic (exact) mass is 433 g/mol. The van der Waals surface area contributed by atoms with Crippen molar-refractivity contribution in [2.75, 3.05) is 24.9 Å². The van der Waals surface area contributed by atoms with Crippen LogP contribution in [0.1, 0.15) is 12.6 Å². The lowest BCUT2D eigenvalue weighted by Gasteiger charge is -2.15. The van der Waals surface area contributed by atoms with E-state index in [9.17, 15) is 4.79 Å². The Morgan fingerprint density at radius 2 is 1.75 bits per heavy atom. The minimum Gasteiger partial charge on any atom is -0.493 e. The number of fused-ring (bicyclic) bond motifs is 1.